The van der Waals surface area contributed by atoms with E-state index in [1.54, 1.807) is 35.0 Å². The van der Waals surface area contributed by atoms with Crippen molar-refractivity contribution in [1.82, 2.24) is 20.6 Å². The average Bonchev–Trinajstić information content (AvgIpc) is 3.21. The molecule has 2 N–H and O–H groups in total. The number of hydrogen-bond acceptors (Lipinski definition) is 5. The standard InChI is InChI=1S/C21H22FN5O2S/c1-23-29-30-18-5-2-4-15(12-18)13-24-21(28)26-11-3-6-19-20(26)14-25-27(19)17-9-7-16(22)8-10-17/h2,4-5,7-10,12,14,23H,3,6,11,13H2,1H3,(H,24,28). The van der Waals surface area contributed by atoms with Crippen molar-refractivity contribution in [2.45, 2.75) is 24.3 Å². The van der Waals surface area contributed by atoms with Crippen molar-refractivity contribution < 1.29 is 13.5 Å². The minimum Gasteiger partial charge on any atom is -0.334 e. The van der Waals surface area contributed by atoms with E-state index in [0.717, 1.165) is 40.4 Å². The Bertz CT molecular complexity index is 1020. The van der Waals surface area contributed by atoms with Crippen molar-refractivity contribution in [3.8, 4) is 5.69 Å². The summed E-state index contributed by atoms with van der Waals surface area (Å²) in [6, 6.07) is 13.8. The van der Waals surface area contributed by atoms with Crippen LogP contribution >= 0.6 is 12.0 Å². The van der Waals surface area contributed by atoms with Crippen LogP contribution < -0.4 is 15.7 Å². The van der Waals surface area contributed by atoms with Gasteiger partial charge in [-0.25, -0.2) is 18.2 Å². The van der Waals surface area contributed by atoms with Crippen LogP contribution in [0.2, 0.25) is 0 Å². The summed E-state index contributed by atoms with van der Waals surface area (Å²) in [5, 5.41) is 7.42. The molecule has 1 aliphatic rings. The molecule has 0 atom stereocenters. The Morgan fingerprint density at radius 2 is 2.10 bits per heavy atom. The van der Waals surface area contributed by atoms with E-state index >= 15 is 0 Å². The van der Waals surface area contributed by atoms with Gasteiger partial charge < -0.3 is 5.32 Å². The maximum atomic E-state index is 13.2. The zero-order valence-electron chi connectivity index (χ0n) is 16.5. The lowest BCUT2D eigenvalue weighted by atomic mass is 10.1. The first-order valence-corrected chi connectivity index (χ1v) is 10.4. The van der Waals surface area contributed by atoms with Gasteiger partial charge in [-0.3, -0.25) is 4.90 Å². The number of amides is 2. The Morgan fingerprint density at radius 3 is 2.90 bits per heavy atom. The number of carbonyl (C=O) groups excluding carboxylic acids is 1. The first-order chi connectivity index (χ1) is 14.7. The second kappa shape index (κ2) is 9.29. The van der Waals surface area contributed by atoms with Crippen LogP contribution in [0.1, 0.15) is 17.7 Å². The second-order valence-corrected chi connectivity index (χ2v) is 7.60. The van der Waals surface area contributed by atoms with Gasteiger partial charge in [-0.15, -0.1) is 0 Å². The molecule has 9 heteroatoms. The number of nitrogens with zero attached hydrogens (tertiary/aromatic N) is 3. The highest BCUT2D eigenvalue weighted by molar-refractivity contribution is 7.94. The van der Waals surface area contributed by atoms with Gasteiger partial charge in [0.25, 0.3) is 0 Å². The molecule has 7 nitrogen and oxygen atoms in total. The third-order valence-electron chi connectivity index (χ3n) is 4.81. The summed E-state index contributed by atoms with van der Waals surface area (Å²) in [6.07, 6.45) is 3.34. The molecular weight excluding hydrogens is 405 g/mol. The predicted molar refractivity (Wildman–Crippen MR) is 114 cm³/mol. The number of fused-ring (bicyclic) bond motifs is 1. The van der Waals surface area contributed by atoms with Crippen molar-refractivity contribution in [2.24, 2.45) is 0 Å². The molecule has 0 saturated carbocycles. The maximum Gasteiger partial charge on any atom is 0.322 e. The molecule has 156 valence electrons. The van der Waals surface area contributed by atoms with Crippen LogP contribution in [0.15, 0.2) is 59.6 Å². The van der Waals surface area contributed by atoms with Crippen molar-refractivity contribution in [1.29, 1.82) is 0 Å². The average molecular weight is 428 g/mol. The molecule has 2 aromatic carbocycles. The highest BCUT2D eigenvalue weighted by atomic mass is 32.2. The molecule has 1 aliphatic heterocycles. The summed E-state index contributed by atoms with van der Waals surface area (Å²) in [4.78, 5) is 15.5. The zero-order valence-corrected chi connectivity index (χ0v) is 17.3. The number of anilines is 1. The van der Waals surface area contributed by atoms with Crippen LogP contribution in [0.5, 0.6) is 0 Å². The Balaban J connectivity index is 1.46. The van der Waals surface area contributed by atoms with E-state index in [-0.39, 0.29) is 11.8 Å². The summed E-state index contributed by atoms with van der Waals surface area (Å²) in [5.41, 5.74) is 6.11. The number of hydroxylamine groups is 1. The van der Waals surface area contributed by atoms with Gasteiger partial charge in [0.05, 0.1) is 35.3 Å². The molecule has 0 fully saturated rings. The fourth-order valence-corrected chi connectivity index (χ4v) is 3.95. The minimum absolute atomic E-state index is 0.167. The van der Waals surface area contributed by atoms with Crippen molar-refractivity contribution in [3.05, 3.63) is 71.8 Å². The van der Waals surface area contributed by atoms with Gasteiger partial charge in [-0.05, 0) is 54.8 Å². The summed E-state index contributed by atoms with van der Waals surface area (Å²) >= 11 is 1.22. The van der Waals surface area contributed by atoms with E-state index in [0.29, 0.717) is 13.1 Å². The Kier molecular flexibility index (Phi) is 6.32. The predicted octanol–water partition coefficient (Wildman–Crippen LogP) is 3.83. The monoisotopic (exact) mass is 427 g/mol. The number of halogens is 1. The van der Waals surface area contributed by atoms with E-state index in [2.05, 4.69) is 15.9 Å². The van der Waals surface area contributed by atoms with Gasteiger partial charge in [0.2, 0.25) is 0 Å². The van der Waals surface area contributed by atoms with E-state index in [9.17, 15) is 9.18 Å². The van der Waals surface area contributed by atoms with E-state index in [1.807, 2.05) is 24.3 Å². The van der Waals surface area contributed by atoms with Crippen molar-refractivity contribution in [2.75, 3.05) is 18.5 Å². The van der Waals surface area contributed by atoms with Gasteiger partial charge >= 0.3 is 6.03 Å². The fourth-order valence-electron chi connectivity index (χ4n) is 3.44. The highest BCUT2D eigenvalue weighted by Gasteiger charge is 2.26. The summed E-state index contributed by atoms with van der Waals surface area (Å²) in [5.74, 6) is -0.291. The Labute approximate surface area is 178 Å². The van der Waals surface area contributed by atoms with Crippen molar-refractivity contribution >= 4 is 23.8 Å². The molecule has 0 unspecified atom stereocenters. The first-order valence-electron chi connectivity index (χ1n) is 9.63. The highest BCUT2D eigenvalue weighted by Crippen LogP contribution is 2.29. The molecule has 0 bridgehead atoms. The number of carbonyl (C=O) groups is 1. The molecule has 2 heterocycles. The van der Waals surface area contributed by atoms with E-state index < -0.39 is 0 Å². The molecule has 1 aromatic heterocycles. The van der Waals surface area contributed by atoms with E-state index in [4.69, 9.17) is 4.28 Å². The van der Waals surface area contributed by atoms with Crippen LogP contribution in [0, 0.1) is 5.82 Å². The second-order valence-electron chi connectivity index (χ2n) is 6.80. The normalized spacial score (nSPS) is 13.2. The number of urea groups is 1. The number of aromatic nitrogens is 2. The van der Waals surface area contributed by atoms with Crippen LogP contribution in [-0.2, 0) is 17.2 Å². The van der Waals surface area contributed by atoms with Gasteiger partial charge in [-0.1, -0.05) is 12.1 Å². The molecule has 4 rings (SSSR count). The molecule has 2 amide bonds. The lowest BCUT2D eigenvalue weighted by Crippen LogP contribution is -2.42. The zero-order chi connectivity index (χ0) is 20.9. The lowest BCUT2D eigenvalue weighted by molar-refractivity contribution is 0.245. The smallest absolute Gasteiger partial charge is 0.322 e. The topological polar surface area (TPSA) is 71.4 Å². The molecular formula is C21H22FN5O2S. The number of benzene rings is 2. The number of hydrogen-bond donors (Lipinski definition) is 2. The van der Waals surface area contributed by atoms with Gasteiger partial charge in [0, 0.05) is 25.0 Å². The van der Waals surface area contributed by atoms with Crippen LogP contribution in [0.25, 0.3) is 5.69 Å². The van der Waals surface area contributed by atoms with Gasteiger partial charge in [0.15, 0.2) is 0 Å². The fraction of sp³-hybridized carbons (Fsp3) is 0.238. The first kappa shape index (κ1) is 20.4. The number of rotatable bonds is 6. The van der Waals surface area contributed by atoms with Crippen LogP contribution in [0.3, 0.4) is 0 Å². The molecule has 0 saturated heterocycles. The quantitative estimate of drug-likeness (QED) is 0.462. The third-order valence-corrected chi connectivity index (χ3v) is 5.51. The van der Waals surface area contributed by atoms with Gasteiger partial charge in [0.1, 0.15) is 5.82 Å². The molecule has 3 aromatic rings. The largest absolute Gasteiger partial charge is 0.334 e. The molecule has 0 aliphatic carbocycles. The summed E-state index contributed by atoms with van der Waals surface area (Å²) in [6.45, 7) is 1.03. The Hall–Kier alpha value is -2.88. The van der Waals surface area contributed by atoms with Crippen LogP contribution in [-0.4, -0.2) is 29.4 Å². The minimum atomic E-state index is -0.291. The molecule has 30 heavy (non-hydrogen) atoms. The lowest BCUT2D eigenvalue weighted by Gasteiger charge is -2.27. The van der Waals surface area contributed by atoms with Gasteiger partial charge in [-0.2, -0.15) is 10.6 Å². The van der Waals surface area contributed by atoms with Crippen LogP contribution in [0.4, 0.5) is 14.9 Å². The molecule has 0 radical (unpaired) electrons. The van der Waals surface area contributed by atoms with E-state index in [1.165, 1.54) is 24.2 Å². The molecule has 0 spiro atoms. The number of nitrogens with one attached hydrogen (secondary N) is 2. The third kappa shape index (κ3) is 4.48. The van der Waals surface area contributed by atoms with Crippen molar-refractivity contribution in [3.63, 3.8) is 0 Å². The summed E-state index contributed by atoms with van der Waals surface area (Å²) in [7, 11) is 1.70. The summed E-state index contributed by atoms with van der Waals surface area (Å²) < 4.78 is 20.1. The Morgan fingerprint density at radius 1 is 1.27 bits per heavy atom. The SMILES string of the molecule is CNOSc1cccc(CNC(=O)N2CCCc3c2cnn3-c2ccc(F)cc2)c1. The maximum absolute atomic E-state index is 13.2.